The fourth-order valence-electron chi connectivity index (χ4n) is 7.73. The van der Waals surface area contributed by atoms with Gasteiger partial charge in [0.15, 0.2) is 11.7 Å². The van der Waals surface area contributed by atoms with Gasteiger partial charge < -0.3 is 25.0 Å². The van der Waals surface area contributed by atoms with Gasteiger partial charge in [-0.3, -0.25) is 0 Å². The summed E-state index contributed by atoms with van der Waals surface area (Å²) in [5, 5.41) is 12.7. The molecule has 0 saturated carbocycles. The quantitative estimate of drug-likeness (QED) is 0.190. The number of anilines is 2. The van der Waals surface area contributed by atoms with Gasteiger partial charge >= 0.3 is 0 Å². The second-order valence-electron chi connectivity index (χ2n) is 14.6. The van der Waals surface area contributed by atoms with E-state index in [4.69, 9.17) is 15.0 Å². The first-order chi connectivity index (χ1) is 26.3. The van der Waals surface area contributed by atoms with Crippen LogP contribution in [0.3, 0.4) is 0 Å². The number of nitrogens with one attached hydrogen (secondary N) is 2. The number of rotatable bonds is 7. The second kappa shape index (κ2) is 15.1. The lowest BCUT2D eigenvalue weighted by molar-refractivity contribution is 0.247. The first-order valence-corrected chi connectivity index (χ1v) is 18.5. The van der Waals surface area contributed by atoms with E-state index in [2.05, 4.69) is 61.9 Å². The number of benzene rings is 2. The number of aliphatic imine (C=N–C) groups is 2. The number of aryl methyl sites for hydroxylation is 1. The molecule has 1 fully saturated rings. The Balaban J connectivity index is 1.33. The predicted octanol–water partition coefficient (Wildman–Crippen LogP) is 7.45. The molecule has 1 saturated heterocycles. The minimum atomic E-state index is -0.801. The van der Waals surface area contributed by atoms with E-state index in [1.165, 1.54) is 29.3 Å². The van der Waals surface area contributed by atoms with E-state index in [0.717, 1.165) is 29.5 Å². The summed E-state index contributed by atoms with van der Waals surface area (Å²) in [6.45, 7) is 22.5. The summed E-state index contributed by atoms with van der Waals surface area (Å²) in [7, 11) is 2.05. The number of hydrogen-bond acceptors (Lipinski definition) is 9. The summed E-state index contributed by atoms with van der Waals surface area (Å²) in [5.41, 5.74) is 4.13. The number of likely N-dealkylation sites (N-methyl/N-ethyl adjacent to an activating group) is 1. The SMILES string of the molecule is C=N/C(=C1/C=NN(c2ccc(F)cc2F)C1=NC(=C)NC(C)C)N1CC2CC1C(=C)N(C)CC(CC)Cn1c(C)nc3cc(F)cc(c31)-c1cccc(n1)N2. The van der Waals surface area contributed by atoms with E-state index in [1.807, 2.05) is 46.0 Å². The number of hydrogen-bond donors (Lipinski definition) is 2. The molecule has 2 N–H and O–H groups in total. The third-order valence-corrected chi connectivity index (χ3v) is 10.3. The zero-order valence-electron chi connectivity index (χ0n) is 31.8. The number of aromatic nitrogens is 3. The van der Waals surface area contributed by atoms with E-state index in [9.17, 15) is 4.39 Å². The maximum Gasteiger partial charge on any atom is 0.169 e. The van der Waals surface area contributed by atoms with E-state index in [1.54, 1.807) is 6.21 Å². The van der Waals surface area contributed by atoms with Crippen molar-refractivity contribution in [2.75, 3.05) is 30.5 Å². The van der Waals surface area contributed by atoms with Gasteiger partial charge in [-0.1, -0.05) is 26.1 Å². The van der Waals surface area contributed by atoms with Crippen molar-refractivity contribution in [3.05, 3.63) is 108 Å². The van der Waals surface area contributed by atoms with Crippen molar-refractivity contribution in [1.29, 1.82) is 0 Å². The molecule has 0 radical (unpaired) electrons. The van der Waals surface area contributed by atoms with Crippen LogP contribution >= 0.6 is 0 Å². The minimum Gasteiger partial charge on any atom is -0.376 e. The van der Waals surface area contributed by atoms with E-state index >= 15 is 8.78 Å². The Labute approximate surface area is 319 Å². The fraction of sp³-hybridized carbons (Fsp3) is 0.341. The minimum absolute atomic E-state index is 0.0127. The number of imidazole rings is 1. The number of amidine groups is 1. The molecule has 0 spiro atoms. The molecule has 11 nitrogen and oxygen atoms in total. The molecule has 286 valence electrons. The summed E-state index contributed by atoms with van der Waals surface area (Å²) in [6.07, 6.45) is 3.07. The first-order valence-electron chi connectivity index (χ1n) is 18.5. The summed E-state index contributed by atoms with van der Waals surface area (Å²) >= 11 is 0. The van der Waals surface area contributed by atoms with Gasteiger partial charge in [0.05, 0.1) is 34.6 Å². The standard InChI is InChI=1S/C41H46F3N11/c1-9-27-20-52(8)24(4)37-18-30(50-38-12-10-11-34(51-38)31-15-29(43)17-35-39(31)53(21-27)26(6)49-35)22-54(37)40(45-7)32-19-46-55(36-14-13-28(42)16-33(36)44)41(32)48-25(5)47-23(2)3/h10-17,19,23,27,30,37,47H,4-5,7,9,18,20-22H2,1-3,6,8H3,(H,50,51)/b40-32+,48-41?. The van der Waals surface area contributed by atoms with Gasteiger partial charge in [0.2, 0.25) is 0 Å². The van der Waals surface area contributed by atoms with Crippen molar-refractivity contribution in [1.82, 2.24) is 29.7 Å². The molecule has 7 rings (SSSR count). The smallest absolute Gasteiger partial charge is 0.169 e. The normalized spacial score (nSPS) is 21.6. The fourth-order valence-corrected chi connectivity index (χ4v) is 7.73. The van der Waals surface area contributed by atoms with Gasteiger partial charge in [-0.2, -0.15) is 5.10 Å². The zero-order valence-corrected chi connectivity index (χ0v) is 31.8. The summed E-state index contributed by atoms with van der Waals surface area (Å²) in [6, 6.07) is 11.7. The highest BCUT2D eigenvalue weighted by Crippen LogP contribution is 2.37. The molecule has 3 aliphatic rings. The Bertz CT molecular complexity index is 2270. The van der Waals surface area contributed by atoms with Crippen LogP contribution in [-0.4, -0.2) is 81.4 Å². The molecule has 0 aliphatic carbocycles. The molecule has 0 amide bonds. The molecule has 14 heteroatoms. The molecule has 4 aromatic rings. The molecule has 3 aliphatic heterocycles. The van der Waals surface area contributed by atoms with E-state index in [-0.39, 0.29) is 41.4 Å². The van der Waals surface area contributed by atoms with Crippen molar-refractivity contribution < 1.29 is 13.2 Å². The molecule has 2 aromatic carbocycles. The van der Waals surface area contributed by atoms with E-state index in [0.29, 0.717) is 65.9 Å². The molecular formula is C41H46F3N11. The van der Waals surface area contributed by atoms with Crippen LogP contribution in [0, 0.1) is 30.3 Å². The highest BCUT2D eigenvalue weighted by atomic mass is 19.1. The highest BCUT2D eigenvalue weighted by molar-refractivity contribution is 6.26. The molecule has 3 atom stereocenters. The number of fused-ring (bicyclic) bond motifs is 5. The van der Waals surface area contributed by atoms with Crippen LogP contribution in [0.2, 0.25) is 0 Å². The van der Waals surface area contributed by atoms with Gasteiger partial charge in [0, 0.05) is 62.2 Å². The van der Waals surface area contributed by atoms with Crippen molar-refractivity contribution in [3.8, 4) is 11.3 Å². The second-order valence-corrected chi connectivity index (χ2v) is 14.6. The molecular weight excluding hydrogens is 704 g/mol. The number of hydrazone groups is 1. The van der Waals surface area contributed by atoms with Crippen molar-refractivity contribution in [2.24, 2.45) is 21.0 Å². The van der Waals surface area contributed by atoms with Gasteiger partial charge in [0.25, 0.3) is 0 Å². The van der Waals surface area contributed by atoms with Gasteiger partial charge in [0.1, 0.15) is 40.6 Å². The summed E-state index contributed by atoms with van der Waals surface area (Å²) in [5.74, 6) is 0.779. The molecule has 2 aromatic heterocycles. The van der Waals surface area contributed by atoms with Crippen LogP contribution in [0.15, 0.2) is 99.7 Å². The topological polar surface area (TPSA) is 102 Å². The van der Waals surface area contributed by atoms with Gasteiger partial charge in [-0.05, 0) is 76.6 Å². The number of likely N-dealkylation sites (tertiary alicyclic amines) is 1. The van der Waals surface area contributed by atoms with Crippen molar-refractivity contribution in [3.63, 3.8) is 0 Å². The Morgan fingerprint density at radius 3 is 2.58 bits per heavy atom. The van der Waals surface area contributed by atoms with Crippen LogP contribution in [0.25, 0.3) is 22.3 Å². The third-order valence-electron chi connectivity index (χ3n) is 10.3. The van der Waals surface area contributed by atoms with Gasteiger partial charge in [-0.15, -0.1) is 0 Å². The van der Waals surface area contributed by atoms with Gasteiger partial charge in [-0.25, -0.2) is 38.1 Å². The Morgan fingerprint density at radius 1 is 1.05 bits per heavy atom. The van der Waals surface area contributed by atoms with Crippen LogP contribution in [0.5, 0.6) is 0 Å². The Kier molecular flexibility index (Phi) is 10.3. The lowest BCUT2D eigenvalue weighted by Gasteiger charge is -2.35. The molecule has 3 unspecified atom stereocenters. The summed E-state index contributed by atoms with van der Waals surface area (Å²) in [4.78, 5) is 23.4. The maximum absolute atomic E-state index is 15.3. The van der Waals surface area contributed by atoms with E-state index < -0.39 is 11.6 Å². The van der Waals surface area contributed by atoms with Crippen LogP contribution < -0.4 is 15.6 Å². The van der Waals surface area contributed by atoms with Crippen LogP contribution in [-0.2, 0) is 6.54 Å². The average molecular weight is 750 g/mol. The molecule has 4 bridgehead atoms. The zero-order chi connectivity index (χ0) is 39.1. The third kappa shape index (κ3) is 7.32. The Hall–Kier alpha value is -5.92. The number of pyridine rings is 1. The highest BCUT2D eigenvalue weighted by Gasteiger charge is 2.40. The number of halogens is 3. The van der Waals surface area contributed by atoms with Crippen LogP contribution in [0.4, 0.5) is 24.7 Å². The molecule has 55 heavy (non-hydrogen) atoms. The Morgan fingerprint density at radius 2 is 1.85 bits per heavy atom. The van der Waals surface area contributed by atoms with Crippen molar-refractivity contribution in [2.45, 2.75) is 65.2 Å². The van der Waals surface area contributed by atoms with Crippen LogP contribution in [0.1, 0.15) is 39.4 Å². The largest absolute Gasteiger partial charge is 0.376 e. The summed E-state index contributed by atoms with van der Waals surface area (Å²) < 4.78 is 46.5. The monoisotopic (exact) mass is 749 g/mol. The lowest BCUT2D eigenvalue weighted by Crippen LogP contribution is -2.39. The average Bonchev–Trinajstić information content (AvgIpc) is 3.82. The first kappa shape index (κ1) is 37.4. The predicted molar refractivity (Wildman–Crippen MR) is 214 cm³/mol. The number of nitrogens with zero attached hydrogens (tertiary/aromatic N) is 9. The maximum atomic E-state index is 15.3. The van der Waals surface area contributed by atoms with Crippen molar-refractivity contribution >= 4 is 41.3 Å². The lowest BCUT2D eigenvalue weighted by atomic mass is 10.0. The molecule has 5 heterocycles.